The smallest absolute Gasteiger partial charge is 0.341 e. The third kappa shape index (κ3) is 1.83. The molecule has 3 nitrogen and oxygen atoms in total. The van der Waals surface area contributed by atoms with E-state index < -0.39 is 17.7 Å². The van der Waals surface area contributed by atoms with Crippen LogP contribution in [-0.2, 0) is 14.3 Å². The summed E-state index contributed by atoms with van der Waals surface area (Å²) in [5.74, 6) is 0.186. The molecule has 5 rings (SSSR count). The zero-order valence-electron chi connectivity index (χ0n) is 15.4. The van der Waals surface area contributed by atoms with E-state index in [0.717, 1.165) is 31.3 Å². The number of alkyl halides is 1. The van der Waals surface area contributed by atoms with E-state index in [4.69, 9.17) is 4.74 Å². The first-order chi connectivity index (χ1) is 12.3. The molecule has 0 bridgehead atoms. The van der Waals surface area contributed by atoms with Crippen LogP contribution in [0.4, 0.5) is 4.39 Å². The molecule has 1 saturated heterocycles. The molecule has 1 spiro atoms. The van der Waals surface area contributed by atoms with E-state index in [1.165, 1.54) is 5.57 Å². The lowest BCUT2D eigenvalue weighted by Gasteiger charge is -2.52. The van der Waals surface area contributed by atoms with Crippen molar-refractivity contribution >= 4 is 11.8 Å². The number of carbonyl (C=O) groups is 2. The molecule has 6 atom stereocenters. The van der Waals surface area contributed by atoms with Crippen LogP contribution < -0.4 is 0 Å². The van der Waals surface area contributed by atoms with Gasteiger partial charge in [-0.15, -0.1) is 0 Å². The highest BCUT2D eigenvalue weighted by atomic mass is 19.1. The molecule has 0 aromatic heterocycles. The number of allylic oxidation sites excluding steroid dienone is 6. The molecular weight excluding hydrogens is 331 g/mol. The van der Waals surface area contributed by atoms with Crippen molar-refractivity contribution in [3.8, 4) is 0 Å². The minimum Gasteiger partial charge on any atom is -0.456 e. The third-order valence-electron chi connectivity index (χ3n) is 8.26. The van der Waals surface area contributed by atoms with Crippen molar-refractivity contribution in [2.45, 2.75) is 64.1 Å². The topological polar surface area (TPSA) is 43.4 Å². The molecule has 26 heavy (non-hydrogen) atoms. The third-order valence-corrected chi connectivity index (χ3v) is 8.26. The van der Waals surface area contributed by atoms with Crippen LogP contribution in [0.2, 0.25) is 0 Å². The molecular formula is C22H25FO3. The predicted molar refractivity (Wildman–Crippen MR) is 94.9 cm³/mol. The van der Waals surface area contributed by atoms with E-state index in [1.807, 2.05) is 6.08 Å². The van der Waals surface area contributed by atoms with E-state index in [9.17, 15) is 14.0 Å². The molecule has 0 N–H and O–H groups in total. The lowest BCUT2D eigenvalue weighted by molar-refractivity contribution is -0.161. The van der Waals surface area contributed by atoms with E-state index in [2.05, 4.69) is 32.1 Å². The van der Waals surface area contributed by atoms with Crippen molar-refractivity contribution in [1.29, 1.82) is 0 Å². The van der Waals surface area contributed by atoms with Crippen molar-refractivity contribution in [3.05, 3.63) is 35.5 Å². The Bertz CT molecular complexity index is 808. The molecule has 0 radical (unpaired) electrons. The lowest BCUT2D eigenvalue weighted by Crippen LogP contribution is -2.50. The van der Waals surface area contributed by atoms with Gasteiger partial charge in [0.05, 0.1) is 0 Å². The van der Waals surface area contributed by atoms with Gasteiger partial charge in [-0.2, -0.15) is 0 Å². The van der Waals surface area contributed by atoms with Crippen LogP contribution in [0.25, 0.3) is 0 Å². The molecule has 5 aliphatic rings. The summed E-state index contributed by atoms with van der Waals surface area (Å²) in [6.45, 7) is 4.45. The fourth-order valence-corrected chi connectivity index (χ4v) is 6.60. The first-order valence-electron chi connectivity index (χ1n) is 9.80. The minimum absolute atomic E-state index is 0.0701. The summed E-state index contributed by atoms with van der Waals surface area (Å²) in [4.78, 5) is 23.7. The number of carbonyl (C=O) groups excluding carboxylic acids is 2. The Morgan fingerprint density at radius 1 is 1.23 bits per heavy atom. The summed E-state index contributed by atoms with van der Waals surface area (Å²) in [6, 6.07) is 0. The second-order valence-electron chi connectivity index (χ2n) is 9.30. The Balaban J connectivity index is 1.57. The summed E-state index contributed by atoms with van der Waals surface area (Å²) in [6.07, 6.45) is 11.2. The van der Waals surface area contributed by atoms with Crippen LogP contribution in [0.5, 0.6) is 0 Å². The summed E-state index contributed by atoms with van der Waals surface area (Å²) < 4.78 is 19.7. The second-order valence-corrected chi connectivity index (χ2v) is 9.30. The largest absolute Gasteiger partial charge is 0.456 e. The Labute approximate surface area is 153 Å². The van der Waals surface area contributed by atoms with Crippen molar-refractivity contribution in [3.63, 3.8) is 0 Å². The van der Waals surface area contributed by atoms with Crippen molar-refractivity contribution in [2.24, 2.45) is 22.7 Å². The van der Waals surface area contributed by atoms with Crippen molar-refractivity contribution < 1.29 is 18.7 Å². The number of fused-ring (bicyclic) bond motifs is 6. The van der Waals surface area contributed by atoms with Gasteiger partial charge >= 0.3 is 5.97 Å². The van der Waals surface area contributed by atoms with Gasteiger partial charge in [-0.3, -0.25) is 4.79 Å². The highest BCUT2D eigenvalue weighted by Crippen LogP contribution is 2.67. The van der Waals surface area contributed by atoms with Gasteiger partial charge in [-0.25, -0.2) is 9.18 Å². The number of hydrogen-bond acceptors (Lipinski definition) is 3. The summed E-state index contributed by atoms with van der Waals surface area (Å²) in [7, 11) is 0. The van der Waals surface area contributed by atoms with Crippen LogP contribution in [0, 0.1) is 22.7 Å². The molecule has 2 fully saturated rings. The second kappa shape index (κ2) is 4.96. The highest BCUT2D eigenvalue weighted by Gasteiger charge is 2.66. The van der Waals surface area contributed by atoms with Gasteiger partial charge in [0.25, 0.3) is 0 Å². The highest BCUT2D eigenvalue weighted by molar-refractivity contribution is 5.92. The van der Waals surface area contributed by atoms with Gasteiger partial charge in [0.1, 0.15) is 5.60 Å². The van der Waals surface area contributed by atoms with Crippen molar-refractivity contribution in [1.82, 2.24) is 0 Å². The van der Waals surface area contributed by atoms with Gasteiger partial charge < -0.3 is 4.74 Å². The normalized spacial score (nSPS) is 49.3. The quantitative estimate of drug-likeness (QED) is 0.482. The predicted octanol–water partition coefficient (Wildman–Crippen LogP) is 4.24. The van der Waals surface area contributed by atoms with E-state index in [-0.39, 0.29) is 23.0 Å². The first-order valence-corrected chi connectivity index (χ1v) is 9.80. The SMILES string of the molecule is C[C@]12CCC(=O)C=C1C=CC1C2=CC[C@@]2(C)C1CC[C@@]21CC(F)C(=O)O1. The maximum absolute atomic E-state index is 14.1. The number of ketones is 1. The molecule has 3 unspecified atom stereocenters. The van der Waals surface area contributed by atoms with E-state index in [1.54, 1.807) is 0 Å². The Kier molecular flexibility index (Phi) is 3.14. The Morgan fingerprint density at radius 2 is 2.04 bits per heavy atom. The van der Waals surface area contributed by atoms with Gasteiger partial charge in [0.15, 0.2) is 5.78 Å². The summed E-state index contributed by atoms with van der Waals surface area (Å²) >= 11 is 0. The van der Waals surface area contributed by atoms with Gasteiger partial charge in [-0.1, -0.05) is 37.6 Å². The number of hydrogen-bond donors (Lipinski definition) is 0. The van der Waals surface area contributed by atoms with E-state index in [0.29, 0.717) is 18.3 Å². The number of rotatable bonds is 0. The number of halogens is 1. The van der Waals surface area contributed by atoms with Gasteiger partial charge in [-0.05, 0) is 43.3 Å². The zero-order valence-corrected chi connectivity index (χ0v) is 15.4. The average Bonchev–Trinajstić information content (AvgIpc) is 3.05. The first kappa shape index (κ1) is 16.5. The standard InChI is InChI=1S/C22H25FO3/c1-20-8-5-14(24)11-13(20)3-4-15-16(20)6-9-21(2)17(15)7-10-22(21)12-18(23)19(25)26-22/h3-4,6,11,15,17-18H,5,7-10,12H2,1-2H3/t15?,17?,18?,20-,21-,22+/m0/s1. The average molecular weight is 356 g/mol. The van der Waals surface area contributed by atoms with Crippen LogP contribution in [0.15, 0.2) is 35.5 Å². The van der Waals surface area contributed by atoms with Crippen molar-refractivity contribution in [2.75, 3.05) is 0 Å². The molecule has 0 aromatic rings. The number of esters is 1. The molecule has 1 aliphatic heterocycles. The van der Waals surface area contributed by atoms with E-state index >= 15 is 0 Å². The lowest BCUT2D eigenvalue weighted by atomic mass is 9.52. The molecule has 4 heteroatoms. The Hall–Kier alpha value is -1.71. The fraction of sp³-hybridized carbons (Fsp3) is 0.636. The minimum atomic E-state index is -1.48. The molecule has 0 amide bonds. The van der Waals surface area contributed by atoms with Gasteiger partial charge in [0.2, 0.25) is 6.17 Å². The monoisotopic (exact) mass is 356 g/mol. The molecule has 4 aliphatic carbocycles. The molecule has 1 heterocycles. The fourth-order valence-electron chi connectivity index (χ4n) is 6.60. The molecule has 1 saturated carbocycles. The maximum atomic E-state index is 14.1. The summed E-state index contributed by atoms with van der Waals surface area (Å²) in [5, 5.41) is 0. The zero-order chi connectivity index (χ0) is 18.3. The maximum Gasteiger partial charge on any atom is 0.341 e. The van der Waals surface area contributed by atoms with Crippen LogP contribution in [0.3, 0.4) is 0 Å². The van der Waals surface area contributed by atoms with Gasteiger partial charge in [0, 0.05) is 29.6 Å². The number of ether oxygens (including phenoxy) is 1. The summed E-state index contributed by atoms with van der Waals surface area (Å²) in [5.41, 5.74) is 1.61. The molecule has 0 aromatic carbocycles. The molecule has 138 valence electrons. The van der Waals surface area contributed by atoms with Crippen LogP contribution >= 0.6 is 0 Å². The van der Waals surface area contributed by atoms with Crippen LogP contribution in [-0.4, -0.2) is 23.5 Å². The van der Waals surface area contributed by atoms with Crippen LogP contribution in [0.1, 0.15) is 52.4 Å². The Morgan fingerprint density at radius 3 is 2.77 bits per heavy atom.